The van der Waals surface area contributed by atoms with Gasteiger partial charge in [0.25, 0.3) is 0 Å². The summed E-state index contributed by atoms with van der Waals surface area (Å²) in [6, 6.07) is 21.5. The number of carboxylic acids is 2. The molecule has 34 heavy (non-hydrogen) atoms. The van der Waals surface area contributed by atoms with Crippen molar-refractivity contribution in [2.75, 3.05) is 38.2 Å². The van der Waals surface area contributed by atoms with Crippen LogP contribution in [0.25, 0.3) is 0 Å². The first-order valence-electron chi connectivity index (χ1n) is 12.0. The third kappa shape index (κ3) is 9.15. The highest BCUT2D eigenvalue weighted by Crippen LogP contribution is 2.29. The van der Waals surface area contributed by atoms with E-state index >= 15 is 0 Å². The summed E-state index contributed by atoms with van der Waals surface area (Å²) in [4.78, 5) is 23.2. The summed E-state index contributed by atoms with van der Waals surface area (Å²) < 4.78 is 5.92. The molecule has 0 saturated carbocycles. The van der Waals surface area contributed by atoms with Crippen molar-refractivity contribution in [1.29, 1.82) is 0 Å². The Labute approximate surface area is 203 Å². The quantitative estimate of drug-likeness (QED) is 0.377. The summed E-state index contributed by atoms with van der Waals surface area (Å²) in [7, 11) is 1.89. The van der Waals surface area contributed by atoms with Crippen LogP contribution in [0.5, 0.6) is 0 Å². The number of para-hydroxylation sites is 2. The number of piperidine rings is 1. The minimum atomic E-state index is -1.82. The van der Waals surface area contributed by atoms with Gasteiger partial charge in [0.2, 0.25) is 0 Å². The smallest absolute Gasteiger partial charge is 0.414 e. The van der Waals surface area contributed by atoms with Crippen molar-refractivity contribution < 1.29 is 24.5 Å². The SMILES string of the molecule is CCCCCN1CC[C@@H](CCN(c2ccccc2)c2ccccc2)[C@H](OC)C1.O=C(O)C(=O)O. The molecule has 2 atom stereocenters. The van der Waals surface area contributed by atoms with Gasteiger partial charge in [0.05, 0.1) is 6.10 Å². The van der Waals surface area contributed by atoms with Crippen LogP contribution in [0.2, 0.25) is 0 Å². The Hall–Kier alpha value is -2.90. The molecule has 7 heteroatoms. The Morgan fingerprint density at radius 1 is 0.971 bits per heavy atom. The third-order valence-corrected chi connectivity index (χ3v) is 6.20. The van der Waals surface area contributed by atoms with Gasteiger partial charge in [-0.2, -0.15) is 0 Å². The van der Waals surface area contributed by atoms with Crippen molar-refractivity contribution in [1.82, 2.24) is 4.90 Å². The maximum Gasteiger partial charge on any atom is 0.414 e. The lowest BCUT2D eigenvalue weighted by molar-refractivity contribution is -0.159. The molecule has 0 unspecified atom stereocenters. The maximum atomic E-state index is 9.10. The fourth-order valence-corrected chi connectivity index (χ4v) is 4.33. The van der Waals surface area contributed by atoms with E-state index in [0.29, 0.717) is 12.0 Å². The molecule has 0 aromatic heterocycles. The van der Waals surface area contributed by atoms with Crippen molar-refractivity contribution in [2.45, 2.75) is 45.1 Å². The van der Waals surface area contributed by atoms with Gasteiger partial charge in [-0.05, 0) is 62.5 Å². The standard InChI is InChI=1S/C25H36N2O.C2H2O4/c1-3-4-11-18-26-19-16-22(25(21-26)28-2)17-20-27(23-12-7-5-8-13-23)24-14-9-6-10-15-24;3-1(4)2(5)6/h5-10,12-15,22,25H,3-4,11,16-21H2,1-2H3;(H,3,4)(H,5,6)/t22-,25+;/m0./s1. The molecule has 7 nitrogen and oxygen atoms in total. The molecule has 0 spiro atoms. The zero-order chi connectivity index (χ0) is 24.8. The summed E-state index contributed by atoms with van der Waals surface area (Å²) in [5.41, 5.74) is 2.53. The molecule has 0 aliphatic carbocycles. The second-order valence-electron chi connectivity index (χ2n) is 8.55. The van der Waals surface area contributed by atoms with E-state index in [-0.39, 0.29) is 0 Å². The lowest BCUT2D eigenvalue weighted by Crippen LogP contribution is -2.45. The largest absolute Gasteiger partial charge is 0.473 e. The van der Waals surface area contributed by atoms with Crippen LogP contribution >= 0.6 is 0 Å². The van der Waals surface area contributed by atoms with E-state index in [4.69, 9.17) is 24.5 Å². The number of hydrogen-bond donors (Lipinski definition) is 2. The molecule has 2 N–H and O–H groups in total. The normalized spacial score (nSPS) is 17.9. The van der Waals surface area contributed by atoms with Crippen LogP contribution in [0.3, 0.4) is 0 Å². The van der Waals surface area contributed by atoms with Crippen LogP contribution in [-0.4, -0.2) is 66.4 Å². The monoisotopic (exact) mass is 470 g/mol. The van der Waals surface area contributed by atoms with Crippen molar-refractivity contribution >= 4 is 23.3 Å². The van der Waals surface area contributed by atoms with Gasteiger partial charge < -0.3 is 24.7 Å². The van der Waals surface area contributed by atoms with Gasteiger partial charge in [-0.1, -0.05) is 56.2 Å². The Bertz CT molecular complexity index is 795. The molecular formula is C27H38N2O5. The fourth-order valence-electron chi connectivity index (χ4n) is 4.33. The number of anilines is 2. The molecule has 1 saturated heterocycles. The number of benzene rings is 2. The van der Waals surface area contributed by atoms with Gasteiger partial charge in [-0.3, -0.25) is 0 Å². The summed E-state index contributed by atoms with van der Waals surface area (Å²) in [6.45, 7) is 6.82. The topological polar surface area (TPSA) is 90.3 Å². The van der Waals surface area contributed by atoms with Gasteiger partial charge in [0.1, 0.15) is 0 Å². The number of likely N-dealkylation sites (tertiary alicyclic amines) is 1. The van der Waals surface area contributed by atoms with Gasteiger partial charge in [-0.25, -0.2) is 9.59 Å². The second-order valence-corrected chi connectivity index (χ2v) is 8.55. The van der Waals surface area contributed by atoms with E-state index < -0.39 is 11.9 Å². The molecule has 1 aliphatic heterocycles. The van der Waals surface area contributed by atoms with Crippen molar-refractivity contribution in [3.8, 4) is 0 Å². The first-order valence-corrected chi connectivity index (χ1v) is 12.0. The average molecular weight is 471 g/mol. The van der Waals surface area contributed by atoms with Gasteiger partial charge in [0.15, 0.2) is 0 Å². The molecule has 186 valence electrons. The van der Waals surface area contributed by atoms with Gasteiger partial charge in [-0.15, -0.1) is 0 Å². The lowest BCUT2D eigenvalue weighted by Gasteiger charge is -2.39. The highest BCUT2D eigenvalue weighted by atomic mass is 16.5. The molecular weight excluding hydrogens is 432 g/mol. The van der Waals surface area contributed by atoms with Crippen LogP contribution in [0.1, 0.15) is 39.0 Å². The Balaban J connectivity index is 0.000000604. The van der Waals surface area contributed by atoms with Crippen molar-refractivity contribution in [3.05, 3.63) is 60.7 Å². The molecule has 2 aromatic rings. The highest BCUT2D eigenvalue weighted by molar-refractivity contribution is 6.27. The van der Waals surface area contributed by atoms with Crippen molar-refractivity contribution in [2.24, 2.45) is 5.92 Å². The van der Waals surface area contributed by atoms with Gasteiger partial charge >= 0.3 is 11.9 Å². The minimum absolute atomic E-state index is 0.351. The Kier molecular flexibility index (Phi) is 12.1. The number of methoxy groups -OCH3 is 1. The van der Waals surface area contributed by atoms with Crippen LogP contribution in [0.15, 0.2) is 60.7 Å². The number of ether oxygens (including phenoxy) is 1. The minimum Gasteiger partial charge on any atom is -0.473 e. The number of unbranched alkanes of at least 4 members (excludes halogenated alkanes) is 2. The fraction of sp³-hybridized carbons (Fsp3) is 0.481. The number of aliphatic carboxylic acids is 2. The molecule has 1 fully saturated rings. The molecule has 1 aliphatic rings. The van der Waals surface area contributed by atoms with E-state index in [0.717, 1.165) is 19.5 Å². The lowest BCUT2D eigenvalue weighted by atomic mass is 9.90. The number of carbonyl (C=O) groups is 2. The summed E-state index contributed by atoms with van der Waals surface area (Å²) in [5.74, 6) is -3.02. The summed E-state index contributed by atoms with van der Waals surface area (Å²) >= 11 is 0. The first-order chi connectivity index (χ1) is 16.5. The van der Waals surface area contributed by atoms with Crippen LogP contribution in [0, 0.1) is 5.92 Å². The predicted octanol–water partition coefficient (Wildman–Crippen LogP) is 4.90. The summed E-state index contributed by atoms with van der Waals surface area (Å²) in [5, 5.41) is 14.8. The highest BCUT2D eigenvalue weighted by Gasteiger charge is 2.29. The van der Waals surface area contributed by atoms with E-state index in [1.54, 1.807) is 0 Å². The number of nitrogens with zero attached hydrogens (tertiary/aromatic N) is 2. The Morgan fingerprint density at radius 2 is 1.53 bits per heavy atom. The van der Waals surface area contributed by atoms with E-state index in [2.05, 4.69) is 77.4 Å². The summed E-state index contributed by atoms with van der Waals surface area (Å²) in [6.07, 6.45) is 6.68. The number of hydrogen-bond acceptors (Lipinski definition) is 5. The zero-order valence-corrected chi connectivity index (χ0v) is 20.3. The average Bonchev–Trinajstić information content (AvgIpc) is 2.86. The van der Waals surface area contributed by atoms with Crippen LogP contribution in [-0.2, 0) is 14.3 Å². The number of rotatable bonds is 10. The first kappa shape index (κ1) is 27.3. The third-order valence-electron chi connectivity index (χ3n) is 6.20. The second kappa shape index (κ2) is 15.1. The molecule has 0 radical (unpaired) electrons. The molecule has 2 aromatic carbocycles. The zero-order valence-electron chi connectivity index (χ0n) is 20.3. The van der Waals surface area contributed by atoms with E-state index in [1.807, 2.05) is 7.11 Å². The molecule has 1 heterocycles. The van der Waals surface area contributed by atoms with Gasteiger partial charge in [0, 0.05) is 31.6 Å². The predicted molar refractivity (Wildman–Crippen MR) is 135 cm³/mol. The number of carboxylic acid groups (broad SMARTS) is 2. The Morgan fingerprint density at radius 3 is 2.00 bits per heavy atom. The van der Waals surface area contributed by atoms with Crippen LogP contribution in [0.4, 0.5) is 11.4 Å². The molecule has 3 rings (SSSR count). The van der Waals surface area contributed by atoms with Crippen LogP contribution < -0.4 is 4.90 Å². The maximum absolute atomic E-state index is 9.10. The van der Waals surface area contributed by atoms with Crippen molar-refractivity contribution in [3.63, 3.8) is 0 Å². The molecule has 0 bridgehead atoms. The van der Waals surface area contributed by atoms with E-state index in [1.165, 1.54) is 50.1 Å². The molecule has 0 amide bonds. The van der Waals surface area contributed by atoms with E-state index in [9.17, 15) is 0 Å².